The summed E-state index contributed by atoms with van der Waals surface area (Å²) >= 11 is 0. The normalized spacial score (nSPS) is 20.6. The minimum absolute atomic E-state index is 0. The Morgan fingerprint density at radius 1 is 1.30 bits per heavy atom. The van der Waals surface area contributed by atoms with Crippen molar-refractivity contribution in [2.24, 2.45) is 0 Å². The van der Waals surface area contributed by atoms with Crippen molar-refractivity contribution in [2.75, 3.05) is 29.9 Å². The fraction of sp³-hybridized carbons (Fsp3) is 0.500. The standard InChI is InChI=1S/C16H22N4O2.ClH/c21-15(11-12-5-2-7-17-12)19-13-4-1-6-14(10-13)20-9-3-8-18-16(20)22;/h1,4,6,10,12,17H,2-3,5,7-9,11H2,(H,18,22)(H,19,21);1H. The van der Waals surface area contributed by atoms with E-state index in [9.17, 15) is 9.59 Å². The average Bonchev–Trinajstić information content (AvgIpc) is 3.00. The largest absolute Gasteiger partial charge is 0.338 e. The van der Waals surface area contributed by atoms with E-state index >= 15 is 0 Å². The molecule has 2 saturated heterocycles. The molecule has 2 aliphatic heterocycles. The zero-order valence-electron chi connectivity index (χ0n) is 13.0. The lowest BCUT2D eigenvalue weighted by Gasteiger charge is -2.27. The second-order valence-electron chi connectivity index (χ2n) is 5.83. The summed E-state index contributed by atoms with van der Waals surface area (Å²) in [5.41, 5.74) is 1.55. The quantitative estimate of drug-likeness (QED) is 0.787. The van der Waals surface area contributed by atoms with E-state index in [1.807, 2.05) is 24.3 Å². The summed E-state index contributed by atoms with van der Waals surface area (Å²) in [5, 5.41) is 9.08. The van der Waals surface area contributed by atoms with Gasteiger partial charge in [0.05, 0.1) is 0 Å². The van der Waals surface area contributed by atoms with Crippen LogP contribution in [0.1, 0.15) is 25.7 Å². The molecule has 2 fully saturated rings. The Balaban J connectivity index is 0.00000192. The Morgan fingerprint density at radius 3 is 2.91 bits per heavy atom. The van der Waals surface area contributed by atoms with Gasteiger partial charge in [-0.3, -0.25) is 9.69 Å². The number of carbonyl (C=O) groups excluding carboxylic acids is 2. The number of rotatable bonds is 4. The molecule has 3 rings (SSSR count). The first-order valence-corrected chi connectivity index (χ1v) is 7.91. The number of benzene rings is 1. The summed E-state index contributed by atoms with van der Waals surface area (Å²) in [5.74, 6) is 0.0136. The highest BCUT2D eigenvalue weighted by Crippen LogP contribution is 2.21. The number of carbonyl (C=O) groups is 2. The number of hydrogen-bond donors (Lipinski definition) is 3. The molecule has 6 nitrogen and oxygen atoms in total. The predicted molar refractivity (Wildman–Crippen MR) is 93.3 cm³/mol. The van der Waals surface area contributed by atoms with Crippen molar-refractivity contribution in [1.29, 1.82) is 0 Å². The number of urea groups is 1. The monoisotopic (exact) mass is 338 g/mol. The zero-order chi connectivity index (χ0) is 15.4. The Hall–Kier alpha value is -1.79. The van der Waals surface area contributed by atoms with Crippen molar-refractivity contribution in [3.05, 3.63) is 24.3 Å². The molecule has 1 aromatic carbocycles. The molecule has 126 valence electrons. The molecule has 1 unspecified atom stereocenters. The molecule has 3 amide bonds. The van der Waals surface area contributed by atoms with Crippen LogP contribution in [0.3, 0.4) is 0 Å². The van der Waals surface area contributed by atoms with Gasteiger partial charge in [-0.15, -0.1) is 12.4 Å². The van der Waals surface area contributed by atoms with Gasteiger partial charge in [-0.05, 0) is 44.0 Å². The van der Waals surface area contributed by atoms with E-state index in [4.69, 9.17) is 0 Å². The SMILES string of the molecule is Cl.O=C(CC1CCCN1)Nc1cccc(N2CCCNC2=O)c1. The summed E-state index contributed by atoms with van der Waals surface area (Å²) in [6.07, 6.45) is 3.61. The lowest BCUT2D eigenvalue weighted by atomic mass is 10.1. The van der Waals surface area contributed by atoms with Crippen molar-refractivity contribution in [1.82, 2.24) is 10.6 Å². The van der Waals surface area contributed by atoms with Crippen LogP contribution in [0.15, 0.2) is 24.3 Å². The maximum absolute atomic E-state index is 12.1. The molecular weight excluding hydrogens is 316 g/mol. The second kappa shape index (κ2) is 8.17. The third-order valence-electron chi connectivity index (χ3n) is 4.12. The molecule has 1 aromatic rings. The van der Waals surface area contributed by atoms with Gasteiger partial charge in [0.25, 0.3) is 0 Å². The third-order valence-corrected chi connectivity index (χ3v) is 4.12. The highest BCUT2D eigenvalue weighted by atomic mass is 35.5. The van der Waals surface area contributed by atoms with Gasteiger partial charge in [0.15, 0.2) is 0 Å². The summed E-state index contributed by atoms with van der Waals surface area (Å²) in [6.45, 7) is 2.42. The van der Waals surface area contributed by atoms with Crippen LogP contribution in [0.25, 0.3) is 0 Å². The smallest absolute Gasteiger partial charge is 0.321 e. The molecule has 0 saturated carbocycles. The van der Waals surface area contributed by atoms with Crippen LogP contribution in [0.5, 0.6) is 0 Å². The first-order valence-electron chi connectivity index (χ1n) is 7.91. The highest BCUT2D eigenvalue weighted by molar-refractivity contribution is 5.95. The van der Waals surface area contributed by atoms with Crippen molar-refractivity contribution in [3.63, 3.8) is 0 Å². The van der Waals surface area contributed by atoms with Crippen LogP contribution in [0.2, 0.25) is 0 Å². The summed E-state index contributed by atoms with van der Waals surface area (Å²) in [6, 6.07) is 7.66. The third kappa shape index (κ3) is 4.59. The number of anilines is 2. The van der Waals surface area contributed by atoms with Gasteiger partial charge in [-0.25, -0.2) is 4.79 Å². The maximum Gasteiger partial charge on any atom is 0.321 e. The van der Waals surface area contributed by atoms with E-state index in [2.05, 4.69) is 16.0 Å². The molecule has 0 radical (unpaired) electrons. The number of halogens is 1. The van der Waals surface area contributed by atoms with Gasteiger partial charge >= 0.3 is 6.03 Å². The van der Waals surface area contributed by atoms with Gasteiger partial charge in [-0.2, -0.15) is 0 Å². The molecule has 2 heterocycles. The summed E-state index contributed by atoms with van der Waals surface area (Å²) in [4.78, 5) is 25.7. The van der Waals surface area contributed by atoms with Crippen LogP contribution in [0.4, 0.5) is 16.2 Å². The van der Waals surface area contributed by atoms with Gasteiger partial charge in [0.1, 0.15) is 0 Å². The van der Waals surface area contributed by atoms with E-state index in [1.165, 1.54) is 0 Å². The molecule has 3 N–H and O–H groups in total. The molecule has 0 bridgehead atoms. The zero-order valence-corrected chi connectivity index (χ0v) is 13.8. The second-order valence-corrected chi connectivity index (χ2v) is 5.83. The van der Waals surface area contributed by atoms with Crippen molar-refractivity contribution in [2.45, 2.75) is 31.7 Å². The molecule has 2 aliphatic rings. The van der Waals surface area contributed by atoms with Gasteiger partial charge in [0, 0.05) is 36.9 Å². The minimum Gasteiger partial charge on any atom is -0.338 e. The van der Waals surface area contributed by atoms with E-state index in [0.29, 0.717) is 13.0 Å². The number of hydrogen-bond acceptors (Lipinski definition) is 3. The van der Waals surface area contributed by atoms with Crippen LogP contribution >= 0.6 is 12.4 Å². The van der Waals surface area contributed by atoms with Gasteiger partial charge < -0.3 is 16.0 Å². The molecule has 1 atom stereocenters. The minimum atomic E-state index is -0.0788. The van der Waals surface area contributed by atoms with Crippen molar-refractivity contribution < 1.29 is 9.59 Å². The Labute approximate surface area is 142 Å². The number of nitrogens with one attached hydrogen (secondary N) is 3. The average molecular weight is 339 g/mol. The maximum atomic E-state index is 12.1. The van der Waals surface area contributed by atoms with Crippen LogP contribution < -0.4 is 20.9 Å². The topological polar surface area (TPSA) is 73.5 Å². The molecule has 7 heteroatoms. The van der Waals surface area contributed by atoms with E-state index in [1.54, 1.807) is 4.90 Å². The highest BCUT2D eigenvalue weighted by Gasteiger charge is 2.20. The fourth-order valence-electron chi connectivity index (χ4n) is 2.99. The molecule has 0 spiro atoms. The number of nitrogens with zero attached hydrogens (tertiary/aromatic N) is 1. The Kier molecular flexibility index (Phi) is 6.24. The van der Waals surface area contributed by atoms with Gasteiger partial charge in [0.2, 0.25) is 5.91 Å². The van der Waals surface area contributed by atoms with E-state index in [0.717, 1.165) is 43.7 Å². The fourth-order valence-corrected chi connectivity index (χ4v) is 2.99. The first-order chi connectivity index (χ1) is 10.7. The lowest BCUT2D eigenvalue weighted by Crippen LogP contribution is -2.46. The molecular formula is C16H23ClN4O2. The molecule has 23 heavy (non-hydrogen) atoms. The summed E-state index contributed by atoms with van der Waals surface area (Å²) in [7, 11) is 0. The van der Waals surface area contributed by atoms with Crippen LogP contribution in [-0.2, 0) is 4.79 Å². The van der Waals surface area contributed by atoms with Crippen LogP contribution in [0, 0.1) is 0 Å². The van der Waals surface area contributed by atoms with E-state index in [-0.39, 0.29) is 30.4 Å². The summed E-state index contributed by atoms with van der Waals surface area (Å²) < 4.78 is 0. The Bertz CT molecular complexity index is 561. The van der Waals surface area contributed by atoms with E-state index < -0.39 is 0 Å². The Morgan fingerprint density at radius 2 is 2.17 bits per heavy atom. The molecule has 0 aliphatic carbocycles. The first kappa shape index (κ1) is 17.6. The van der Waals surface area contributed by atoms with Crippen molar-refractivity contribution >= 4 is 35.7 Å². The predicted octanol–water partition coefficient (Wildman–Crippen LogP) is 2.11. The van der Waals surface area contributed by atoms with Gasteiger partial charge in [-0.1, -0.05) is 6.07 Å². The van der Waals surface area contributed by atoms with Crippen LogP contribution in [-0.4, -0.2) is 37.6 Å². The number of amides is 3. The lowest BCUT2D eigenvalue weighted by molar-refractivity contribution is -0.116. The van der Waals surface area contributed by atoms with Crippen molar-refractivity contribution in [3.8, 4) is 0 Å². The molecule has 0 aromatic heterocycles.